The number of benzene rings is 2. The standard InChI is InChI=1S/C24H30N4O4.HI/c1-6-25-24(27-14-20-21(30-4)11-19(29-3)12-22(20)31-5)26-13-18-15-32-23(28-18)17-9-7-16(2)8-10-17;/h7-12,15H,6,13-14H2,1-5H3,(H2,25,26,27);1H. The molecule has 2 aromatic carbocycles. The number of nitrogens with zero attached hydrogens (tertiary/aromatic N) is 2. The van der Waals surface area contributed by atoms with E-state index in [1.165, 1.54) is 5.56 Å². The van der Waals surface area contributed by atoms with Crippen molar-refractivity contribution in [2.24, 2.45) is 4.99 Å². The van der Waals surface area contributed by atoms with Crippen LogP contribution in [-0.2, 0) is 13.1 Å². The molecule has 3 aromatic rings. The van der Waals surface area contributed by atoms with Gasteiger partial charge in [0, 0.05) is 24.2 Å². The molecule has 0 saturated carbocycles. The van der Waals surface area contributed by atoms with Gasteiger partial charge in [-0.1, -0.05) is 17.7 Å². The monoisotopic (exact) mass is 566 g/mol. The average Bonchev–Trinajstić information content (AvgIpc) is 3.29. The molecule has 0 aliphatic carbocycles. The van der Waals surface area contributed by atoms with Gasteiger partial charge in [0.15, 0.2) is 5.96 Å². The van der Waals surface area contributed by atoms with Crippen molar-refractivity contribution < 1.29 is 18.6 Å². The van der Waals surface area contributed by atoms with Crippen LogP contribution in [0.2, 0.25) is 0 Å². The number of methoxy groups -OCH3 is 3. The predicted molar refractivity (Wildman–Crippen MR) is 140 cm³/mol. The van der Waals surface area contributed by atoms with Gasteiger partial charge in [0.1, 0.15) is 23.5 Å². The van der Waals surface area contributed by atoms with Crippen LogP contribution in [0.3, 0.4) is 0 Å². The van der Waals surface area contributed by atoms with Gasteiger partial charge in [-0.3, -0.25) is 0 Å². The number of nitrogens with one attached hydrogen (secondary N) is 2. The van der Waals surface area contributed by atoms with E-state index in [0.717, 1.165) is 23.4 Å². The molecule has 0 fully saturated rings. The van der Waals surface area contributed by atoms with Crippen LogP contribution in [0.15, 0.2) is 52.1 Å². The average molecular weight is 566 g/mol. The number of aromatic nitrogens is 1. The van der Waals surface area contributed by atoms with Crippen molar-refractivity contribution in [1.82, 2.24) is 15.6 Å². The van der Waals surface area contributed by atoms with Crippen molar-refractivity contribution in [1.29, 1.82) is 0 Å². The fourth-order valence-electron chi connectivity index (χ4n) is 3.12. The van der Waals surface area contributed by atoms with Crippen LogP contribution in [0.25, 0.3) is 11.5 Å². The Morgan fingerprint density at radius 1 is 1.00 bits per heavy atom. The fourth-order valence-corrected chi connectivity index (χ4v) is 3.12. The minimum Gasteiger partial charge on any atom is -0.496 e. The summed E-state index contributed by atoms with van der Waals surface area (Å²) in [6, 6.07) is 11.7. The van der Waals surface area contributed by atoms with E-state index in [0.29, 0.717) is 42.2 Å². The first-order valence-electron chi connectivity index (χ1n) is 10.4. The van der Waals surface area contributed by atoms with E-state index in [-0.39, 0.29) is 24.0 Å². The van der Waals surface area contributed by atoms with E-state index < -0.39 is 0 Å². The Balaban J connectivity index is 0.00000385. The summed E-state index contributed by atoms with van der Waals surface area (Å²) in [4.78, 5) is 9.25. The molecule has 0 saturated heterocycles. The quantitative estimate of drug-likeness (QED) is 0.223. The Morgan fingerprint density at radius 2 is 1.67 bits per heavy atom. The summed E-state index contributed by atoms with van der Waals surface area (Å²) in [5.41, 5.74) is 3.75. The molecule has 0 amide bonds. The first-order valence-corrected chi connectivity index (χ1v) is 10.4. The molecular weight excluding hydrogens is 535 g/mol. The van der Waals surface area contributed by atoms with Crippen LogP contribution in [0, 0.1) is 6.92 Å². The number of oxazole rings is 1. The second kappa shape index (κ2) is 12.9. The number of rotatable bonds is 9. The fraction of sp³-hybridized carbons (Fsp3) is 0.333. The van der Waals surface area contributed by atoms with Crippen LogP contribution < -0.4 is 24.8 Å². The van der Waals surface area contributed by atoms with Crippen LogP contribution >= 0.6 is 24.0 Å². The van der Waals surface area contributed by atoms with Gasteiger partial charge in [0.25, 0.3) is 0 Å². The highest BCUT2D eigenvalue weighted by Gasteiger charge is 2.13. The van der Waals surface area contributed by atoms with Crippen LogP contribution in [-0.4, -0.2) is 38.8 Å². The maximum absolute atomic E-state index is 5.64. The van der Waals surface area contributed by atoms with Gasteiger partial charge in [-0.2, -0.15) is 0 Å². The zero-order valence-corrected chi connectivity index (χ0v) is 21.9. The summed E-state index contributed by atoms with van der Waals surface area (Å²) in [7, 11) is 4.83. The normalized spacial score (nSPS) is 10.9. The molecule has 2 N–H and O–H groups in total. The minimum atomic E-state index is 0. The zero-order chi connectivity index (χ0) is 22.9. The molecule has 8 nitrogen and oxygen atoms in total. The largest absolute Gasteiger partial charge is 0.496 e. The van der Waals surface area contributed by atoms with Crippen LogP contribution in [0.4, 0.5) is 0 Å². The second-order valence-corrected chi connectivity index (χ2v) is 7.07. The molecule has 0 spiro atoms. The Kier molecular flexibility index (Phi) is 10.3. The number of hydrogen-bond donors (Lipinski definition) is 2. The molecule has 33 heavy (non-hydrogen) atoms. The molecule has 9 heteroatoms. The lowest BCUT2D eigenvalue weighted by Crippen LogP contribution is -2.36. The third-order valence-corrected chi connectivity index (χ3v) is 4.84. The molecule has 1 heterocycles. The highest BCUT2D eigenvalue weighted by molar-refractivity contribution is 14.0. The van der Waals surface area contributed by atoms with E-state index in [1.54, 1.807) is 27.6 Å². The maximum atomic E-state index is 5.64. The third-order valence-electron chi connectivity index (χ3n) is 4.84. The smallest absolute Gasteiger partial charge is 0.226 e. The van der Waals surface area contributed by atoms with E-state index >= 15 is 0 Å². The van der Waals surface area contributed by atoms with Crippen molar-refractivity contribution in [2.75, 3.05) is 27.9 Å². The molecule has 0 unspecified atom stereocenters. The highest BCUT2D eigenvalue weighted by Crippen LogP contribution is 2.34. The molecular formula is C24H31IN4O4. The predicted octanol–water partition coefficient (Wildman–Crippen LogP) is 4.55. The Morgan fingerprint density at radius 3 is 2.24 bits per heavy atom. The summed E-state index contributed by atoms with van der Waals surface area (Å²) in [5, 5.41) is 6.53. The molecule has 0 atom stereocenters. The first-order chi connectivity index (χ1) is 15.6. The van der Waals surface area contributed by atoms with Crippen molar-refractivity contribution in [3.05, 3.63) is 59.5 Å². The van der Waals surface area contributed by atoms with Gasteiger partial charge in [-0.15, -0.1) is 24.0 Å². The van der Waals surface area contributed by atoms with Crippen molar-refractivity contribution in [3.8, 4) is 28.7 Å². The van der Waals surface area contributed by atoms with Gasteiger partial charge in [0.2, 0.25) is 5.89 Å². The topological polar surface area (TPSA) is 90.1 Å². The lowest BCUT2D eigenvalue weighted by molar-refractivity contribution is 0.369. The number of hydrogen-bond acceptors (Lipinski definition) is 6. The van der Waals surface area contributed by atoms with Gasteiger partial charge in [-0.25, -0.2) is 9.98 Å². The number of aryl methyl sites for hydroxylation is 1. The van der Waals surface area contributed by atoms with Gasteiger partial charge in [-0.05, 0) is 26.0 Å². The van der Waals surface area contributed by atoms with Gasteiger partial charge in [0.05, 0.1) is 45.7 Å². The van der Waals surface area contributed by atoms with E-state index in [9.17, 15) is 0 Å². The van der Waals surface area contributed by atoms with Crippen molar-refractivity contribution in [3.63, 3.8) is 0 Å². The van der Waals surface area contributed by atoms with Crippen LogP contribution in [0.1, 0.15) is 23.7 Å². The summed E-state index contributed by atoms with van der Waals surface area (Å²) in [6.45, 7) is 5.61. The van der Waals surface area contributed by atoms with E-state index in [1.807, 2.05) is 50.2 Å². The Hall–Kier alpha value is -2.95. The van der Waals surface area contributed by atoms with E-state index in [4.69, 9.17) is 18.6 Å². The minimum absolute atomic E-state index is 0. The molecule has 1 aromatic heterocycles. The zero-order valence-electron chi connectivity index (χ0n) is 19.6. The number of ether oxygens (including phenoxy) is 3. The molecule has 3 rings (SSSR count). The number of guanidine groups is 1. The summed E-state index contributed by atoms with van der Waals surface area (Å²) < 4.78 is 22.0. The van der Waals surface area contributed by atoms with E-state index in [2.05, 4.69) is 20.6 Å². The highest BCUT2D eigenvalue weighted by atomic mass is 127. The van der Waals surface area contributed by atoms with Gasteiger partial charge >= 0.3 is 0 Å². The lowest BCUT2D eigenvalue weighted by atomic mass is 10.1. The molecule has 0 bridgehead atoms. The third kappa shape index (κ3) is 7.01. The summed E-state index contributed by atoms with van der Waals surface area (Å²) >= 11 is 0. The number of halogens is 1. The van der Waals surface area contributed by atoms with Gasteiger partial charge < -0.3 is 29.3 Å². The first kappa shape index (κ1) is 26.3. The molecule has 178 valence electrons. The molecule has 0 radical (unpaired) electrons. The number of aliphatic imine (C=N–C) groups is 1. The second-order valence-electron chi connectivity index (χ2n) is 7.07. The summed E-state index contributed by atoms with van der Waals surface area (Å²) in [5.74, 6) is 3.20. The Bertz CT molecular complexity index is 1030. The molecule has 0 aliphatic rings. The maximum Gasteiger partial charge on any atom is 0.226 e. The Labute approximate surface area is 211 Å². The van der Waals surface area contributed by atoms with Crippen molar-refractivity contribution >= 4 is 29.9 Å². The lowest BCUT2D eigenvalue weighted by Gasteiger charge is -2.15. The van der Waals surface area contributed by atoms with Crippen molar-refractivity contribution in [2.45, 2.75) is 26.9 Å². The summed E-state index contributed by atoms with van der Waals surface area (Å²) in [6.07, 6.45) is 1.65. The SMILES string of the molecule is CCNC(=NCc1c(OC)cc(OC)cc1OC)NCc1coc(-c2ccc(C)cc2)n1.I. The molecule has 0 aliphatic heterocycles. The van der Waals surface area contributed by atoms with Crippen LogP contribution in [0.5, 0.6) is 17.2 Å².